The number of carbonyl (C=O) groups is 1. The van der Waals surface area contributed by atoms with E-state index in [1.54, 1.807) is 7.11 Å². The maximum Gasteiger partial charge on any atom is 0.223 e. The van der Waals surface area contributed by atoms with Gasteiger partial charge in [0.2, 0.25) is 5.91 Å². The van der Waals surface area contributed by atoms with Crippen LogP contribution in [0.15, 0.2) is 24.3 Å². The zero-order valence-corrected chi connectivity index (χ0v) is 14.4. The lowest BCUT2D eigenvalue weighted by Gasteiger charge is -2.25. The van der Waals surface area contributed by atoms with Crippen LogP contribution in [0.1, 0.15) is 32.1 Å². The first-order chi connectivity index (χ1) is 10.7. The summed E-state index contributed by atoms with van der Waals surface area (Å²) in [6, 6.07) is 7.66. The number of halogens is 1. The van der Waals surface area contributed by atoms with E-state index in [1.807, 2.05) is 24.3 Å². The summed E-state index contributed by atoms with van der Waals surface area (Å²) in [6.07, 6.45) is 4.66. The molecule has 1 amide bonds. The minimum absolute atomic E-state index is 0. The van der Waals surface area contributed by atoms with Gasteiger partial charge in [-0.15, -0.1) is 12.4 Å². The Labute approximate surface area is 144 Å². The van der Waals surface area contributed by atoms with Crippen LogP contribution in [0.25, 0.3) is 0 Å². The highest BCUT2D eigenvalue weighted by Gasteiger charge is 2.24. The van der Waals surface area contributed by atoms with Crippen LogP contribution in [0.2, 0.25) is 0 Å². The Balaban J connectivity index is 0.00000264. The van der Waals surface area contributed by atoms with Gasteiger partial charge in [0.1, 0.15) is 11.5 Å². The molecule has 0 saturated heterocycles. The van der Waals surface area contributed by atoms with Gasteiger partial charge in [0, 0.05) is 18.5 Å². The van der Waals surface area contributed by atoms with E-state index in [4.69, 9.17) is 15.2 Å². The highest BCUT2D eigenvalue weighted by molar-refractivity contribution is 5.85. The van der Waals surface area contributed by atoms with Crippen molar-refractivity contribution in [3.05, 3.63) is 24.3 Å². The fourth-order valence-electron chi connectivity index (χ4n) is 2.76. The summed E-state index contributed by atoms with van der Waals surface area (Å²) >= 11 is 0. The second-order valence-electron chi connectivity index (χ2n) is 5.79. The molecule has 2 rings (SSSR count). The third kappa shape index (κ3) is 6.67. The lowest BCUT2D eigenvalue weighted by atomic mass is 9.85. The molecule has 5 nitrogen and oxygen atoms in total. The van der Waals surface area contributed by atoms with Crippen molar-refractivity contribution in [1.29, 1.82) is 0 Å². The fraction of sp³-hybridized carbons (Fsp3) is 0.588. The summed E-state index contributed by atoms with van der Waals surface area (Å²) in [7, 11) is 1.64. The molecule has 6 heteroatoms. The number of nitrogens with one attached hydrogen (secondary N) is 1. The fourth-order valence-corrected chi connectivity index (χ4v) is 2.76. The molecule has 1 saturated carbocycles. The molecule has 2 unspecified atom stereocenters. The number of rotatable bonds is 7. The van der Waals surface area contributed by atoms with Gasteiger partial charge >= 0.3 is 0 Å². The summed E-state index contributed by atoms with van der Waals surface area (Å²) in [5, 5.41) is 2.98. The van der Waals surface area contributed by atoms with Gasteiger partial charge in [0.15, 0.2) is 0 Å². The van der Waals surface area contributed by atoms with Crippen molar-refractivity contribution in [2.75, 3.05) is 20.3 Å². The van der Waals surface area contributed by atoms with Crippen LogP contribution in [0.3, 0.4) is 0 Å². The van der Waals surface area contributed by atoms with Crippen LogP contribution in [0.4, 0.5) is 0 Å². The molecule has 0 aliphatic heterocycles. The SMILES string of the molecule is COc1ccc(OCCCNC(=O)C2CCCC(N)C2)cc1.Cl. The molecular weight excluding hydrogens is 316 g/mol. The van der Waals surface area contributed by atoms with E-state index in [0.717, 1.165) is 43.6 Å². The molecule has 1 aromatic carbocycles. The van der Waals surface area contributed by atoms with Crippen molar-refractivity contribution in [2.24, 2.45) is 11.7 Å². The quantitative estimate of drug-likeness (QED) is 0.747. The van der Waals surface area contributed by atoms with Crippen LogP contribution in [0, 0.1) is 5.92 Å². The minimum atomic E-state index is 0. The Bertz CT molecular complexity index is 467. The smallest absolute Gasteiger partial charge is 0.223 e. The number of hydrogen-bond acceptors (Lipinski definition) is 4. The second-order valence-corrected chi connectivity index (χ2v) is 5.79. The highest BCUT2D eigenvalue weighted by Crippen LogP contribution is 2.23. The van der Waals surface area contributed by atoms with E-state index >= 15 is 0 Å². The monoisotopic (exact) mass is 342 g/mol. The van der Waals surface area contributed by atoms with E-state index in [9.17, 15) is 4.79 Å². The van der Waals surface area contributed by atoms with Crippen LogP contribution in [0.5, 0.6) is 11.5 Å². The number of hydrogen-bond donors (Lipinski definition) is 2. The van der Waals surface area contributed by atoms with Crippen LogP contribution in [-0.4, -0.2) is 32.2 Å². The summed E-state index contributed by atoms with van der Waals surface area (Å²) in [5.41, 5.74) is 5.92. The van der Waals surface area contributed by atoms with Crippen molar-refractivity contribution >= 4 is 18.3 Å². The topological polar surface area (TPSA) is 73.6 Å². The first kappa shape index (κ1) is 19.6. The molecule has 3 N–H and O–H groups in total. The maximum absolute atomic E-state index is 12.0. The molecule has 2 atom stereocenters. The number of nitrogens with two attached hydrogens (primary N) is 1. The van der Waals surface area contributed by atoms with E-state index < -0.39 is 0 Å². The zero-order chi connectivity index (χ0) is 15.8. The van der Waals surface area contributed by atoms with Crippen molar-refractivity contribution in [1.82, 2.24) is 5.32 Å². The number of ether oxygens (including phenoxy) is 2. The Hall–Kier alpha value is -1.46. The van der Waals surface area contributed by atoms with E-state index in [-0.39, 0.29) is 30.3 Å². The maximum atomic E-state index is 12.0. The molecule has 1 aliphatic carbocycles. The Kier molecular flexibility index (Phi) is 8.81. The van der Waals surface area contributed by atoms with E-state index in [2.05, 4.69) is 5.32 Å². The predicted molar refractivity (Wildman–Crippen MR) is 93.3 cm³/mol. The second kappa shape index (κ2) is 10.3. The van der Waals surface area contributed by atoms with Gasteiger partial charge in [0.25, 0.3) is 0 Å². The zero-order valence-electron chi connectivity index (χ0n) is 13.6. The molecule has 130 valence electrons. The van der Waals surface area contributed by atoms with Crippen molar-refractivity contribution in [3.8, 4) is 11.5 Å². The number of carbonyl (C=O) groups excluding carboxylic acids is 1. The summed E-state index contributed by atoms with van der Waals surface area (Å²) < 4.78 is 10.7. The first-order valence-electron chi connectivity index (χ1n) is 7.99. The number of benzene rings is 1. The molecule has 1 aliphatic rings. The number of amides is 1. The van der Waals surface area contributed by atoms with Crippen molar-refractivity contribution in [3.63, 3.8) is 0 Å². The summed E-state index contributed by atoms with van der Waals surface area (Å²) in [6.45, 7) is 1.22. The van der Waals surface area contributed by atoms with Gasteiger partial charge in [-0.2, -0.15) is 0 Å². The molecule has 0 radical (unpaired) electrons. The van der Waals surface area contributed by atoms with Crippen molar-refractivity contribution < 1.29 is 14.3 Å². The highest BCUT2D eigenvalue weighted by atomic mass is 35.5. The number of methoxy groups -OCH3 is 1. The third-order valence-electron chi connectivity index (χ3n) is 4.03. The summed E-state index contributed by atoms with van der Waals surface area (Å²) in [5.74, 6) is 1.85. The molecule has 23 heavy (non-hydrogen) atoms. The minimum Gasteiger partial charge on any atom is -0.497 e. The Morgan fingerprint density at radius 1 is 1.26 bits per heavy atom. The predicted octanol–water partition coefficient (Wildman–Crippen LogP) is 2.52. The lowest BCUT2D eigenvalue weighted by Crippen LogP contribution is -2.38. The molecule has 0 bridgehead atoms. The lowest BCUT2D eigenvalue weighted by molar-refractivity contribution is -0.126. The molecule has 1 aromatic rings. The molecule has 0 spiro atoms. The Morgan fingerprint density at radius 2 is 1.96 bits per heavy atom. The van der Waals surface area contributed by atoms with Crippen LogP contribution < -0.4 is 20.5 Å². The molecule has 1 fully saturated rings. The summed E-state index contributed by atoms with van der Waals surface area (Å²) in [4.78, 5) is 12.0. The average Bonchev–Trinajstić information content (AvgIpc) is 2.55. The van der Waals surface area contributed by atoms with Crippen LogP contribution in [-0.2, 0) is 4.79 Å². The normalized spacial score (nSPS) is 20.3. The Morgan fingerprint density at radius 3 is 2.61 bits per heavy atom. The van der Waals surface area contributed by atoms with Gasteiger partial charge in [0.05, 0.1) is 13.7 Å². The van der Waals surface area contributed by atoms with Gasteiger partial charge in [-0.05, 0) is 49.9 Å². The van der Waals surface area contributed by atoms with E-state index in [1.165, 1.54) is 0 Å². The van der Waals surface area contributed by atoms with Crippen LogP contribution >= 0.6 is 12.4 Å². The van der Waals surface area contributed by atoms with Crippen molar-refractivity contribution in [2.45, 2.75) is 38.1 Å². The van der Waals surface area contributed by atoms with Gasteiger partial charge in [-0.25, -0.2) is 0 Å². The third-order valence-corrected chi connectivity index (χ3v) is 4.03. The van der Waals surface area contributed by atoms with Gasteiger partial charge in [-0.3, -0.25) is 4.79 Å². The molecule has 0 heterocycles. The standard InChI is InChI=1S/C17H26N2O3.ClH/c1-21-15-6-8-16(9-7-15)22-11-3-10-19-17(20)13-4-2-5-14(18)12-13;/h6-9,13-14H,2-5,10-12,18H2,1H3,(H,19,20);1H. The molecule has 0 aromatic heterocycles. The largest absolute Gasteiger partial charge is 0.497 e. The first-order valence-corrected chi connectivity index (χ1v) is 7.99. The van der Waals surface area contributed by atoms with Gasteiger partial charge in [-0.1, -0.05) is 6.42 Å². The molecular formula is C17H27ClN2O3. The van der Waals surface area contributed by atoms with Gasteiger partial charge < -0.3 is 20.5 Å². The average molecular weight is 343 g/mol. The van der Waals surface area contributed by atoms with E-state index in [0.29, 0.717) is 13.2 Å².